The van der Waals surface area contributed by atoms with Gasteiger partial charge in [-0.05, 0) is 52.5 Å². The summed E-state index contributed by atoms with van der Waals surface area (Å²) in [6.07, 6.45) is 7.16. The van der Waals surface area contributed by atoms with Crippen molar-refractivity contribution in [1.29, 1.82) is 0 Å². The normalized spacial score (nSPS) is 18.4. The minimum Gasteiger partial charge on any atom is -0.508 e. The second-order valence-corrected chi connectivity index (χ2v) is 6.38. The van der Waals surface area contributed by atoms with Crippen LogP contribution in [0.25, 0.3) is 17.2 Å². The molecule has 4 heteroatoms. The molecule has 2 aromatic carbocycles. The summed E-state index contributed by atoms with van der Waals surface area (Å²) < 4.78 is 0. The lowest BCUT2D eigenvalue weighted by atomic mass is 9.96. The van der Waals surface area contributed by atoms with E-state index in [4.69, 9.17) is 0 Å². The predicted octanol–water partition coefficient (Wildman–Crippen LogP) is 3.39. The van der Waals surface area contributed by atoms with Crippen molar-refractivity contribution in [2.75, 3.05) is 0 Å². The average molecular weight is 334 g/mol. The fourth-order valence-corrected chi connectivity index (χ4v) is 3.48. The maximum atomic E-state index is 10.0. The van der Waals surface area contributed by atoms with E-state index in [9.17, 15) is 20.4 Å². The Balaban J connectivity index is 1.64. The van der Waals surface area contributed by atoms with Gasteiger partial charge in [0.25, 0.3) is 0 Å². The van der Waals surface area contributed by atoms with Gasteiger partial charge in [0.15, 0.2) is 6.29 Å². The van der Waals surface area contributed by atoms with Crippen molar-refractivity contribution in [2.24, 2.45) is 0 Å². The van der Waals surface area contributed by atoms with Gasteiger partial charge >= 0.3 is 0 Å². The SMILES string of the molecule is Oc1ccc(C2=CC(c3ccc4c(c3)C=CC4C(O)O)=CC2)c(O)c1. The zero-order valence-corrected chi connectivity index (χ0v) is 13.4. The lowest BCUT2D eigenvalue weighted by molar-refractivity contribution is -0.0490. The molecule has 0 saturated carbocycles. The molecule has 0 spiro atoms. The monoisotopic (exact) mass is 334 g/mol. The Kier molecular flexibility index (Phi) is 3.71. The Morgan fingerprint density at radius 3 is 2.60 bits per heavy atom. The largest absolute Gasteiger partial charge is 0.508 e. The van der Waals surface area contributed by atoms with E-state index in [1.165, 1.54) is 6.07 Å². The summed E-state index contributed by atoms with van der Waals surface area (Å²) in [6.45, 7) is 0. The fourth-order valence-electron chi connectivity index (χ4n) is 3.48. The third kappa shape index (κ3) is 2.76. The summed E-state index contributed by atoms with van der Waals surface area (Å²) in [6, 6.07) is 10.6. The second-order valence-electron chi connectivity index (χ2n) is 6.38. The first-order valence-electron chi connectivity index (χ1n) is 8.14. The second kappa shape index (κ2) is 5.92. The molecular weight excluding hydrogens is 316 g/mol. The molecule has 25 heavy (non-hydrogen) atoms. The number of phenolic OH excluding ortho intramolecular Hbond substituents is 2. The van der Waals surface area contributed by atoms with E-state index >= 15 is 0 Å². The Hall–Kier alpha value is -2.82. The topological polar surface area (TPSA) is 80.9 Å². The van der Waals surface area contributed by atoms with Crippen LogP contribution in [-0.4, -0.2) is 26.7 Å². The van der Waals surface area contributed by atoms with Gasteiger partial charge in [0.1, 0.15) is 11.5 Å². The van der Waals surface area contributed by atoms with Gasteiger partial charge in [-0.25, -0.2) is 0 Å². The van der Waals surface area contributed by atoms with Gasteiger partial charge in [-0.15, -0.1) is 0 Å². The van der Waals surface area contributed by atoms with Gasteiger partial charge in [-0.3, -0.25) is 0 Å². The third-order valence-electron chi connectivity index (χ3n) is 4.78. The van der Waals surface area contributed by atoms with Crippen LogP contribution in [0.3, 0.4) is 0 Å². The van der Waals surface area contributed by atoms with E-state index in [-0.39, 0.29) is 17.4 Å². The Labute approximate surface area is 145 Å². The highest BCUT2D eigenvalue weighted by molar-refractivity contribution is 5.91. The van der Waals surface area contributed by atoms with Crippen LogP contribution in [0.5, 0.6) is 11.5 Å². The van der Waals surface area contributed by atoms with Gasteiger partial charge in [0, 0.05) is 11.6 Å². The fraction of sp³-hybridized carbons (Fsp3) is 0.143. The quantitative estimate of drug-likeness (QED) is 0.649. The molecule has 4 nitrogen and oxygen atoms in total. The van der Waals surface area contributed by atoms with Crippen molar-refractivity contribution in [3.63, 3.8) is 0 Å². The zero-order chi connectivity index (χ0) is 17.6. The van der Waals surface area contributed by atoms with E-state index in [0.717, 1.165) is 27.8 Å². The number of phenols is 2. The standard InChI is InChI=1S/C21H18O4/c22-16-5-8-18(20(23)11-16)15-2-1-12(10-15)13-3-6-17-14(9-13)4-7-19(17)21(24)25/h1,3-11,19,21-25H,2H2. The van der Waals surface area contributed by atoms with Crippen LogP contribution in [0.1, 0.15) is 34.6 Å². The first kappa shape index (κ1) is 15.7. The number of hydrogen-bond donors (Lipinski definition) is 4. The van der Waals surface area contributed by atoms with Crippen LogP contribution in [0.4, 0.5) is 0 Å². The smallest absolute Gasteiger partial charge is 0.161 e. The molecular formula is C21H18O4. The Morgan fingerprint density at radius 2 is 1.84 bits per heavy atom. The molecule has 1 atom stereocenters. The van der Waals surface area contributed by atoms with Gasteiger partial charge in [0.05, 0.1) is 5.92 Å². The molecule has 2 aliphatic rings. The highest BCUT2D eigenvalue weighted by Gasteiger charge is 2.23. The maximum Gasteiger partial charge on any atom is 0.161 e. The summed E-state index contributed by atoms with van der Waals surface area (Å²) >= 11 is 0. The van der Waals surface area contributed by atoms with Gasteiger partial charge in [-0.1, -0.05) is 36.4 Å². The van der Waals surface area contributed by atoms with Crippen molar-refractivity contribution in [3.05, 3.63) is 76.9 Å². The molecule has 0 radical (unpaired) electrons. The average Bonchev–Trinajstić information content (AvgIpc) is 3.21. The van der Waals surface area contributed by atoms with E-state index in [1.807, 2.05) is 30.4 Å². The molecule has 0 heterocycles. The van der Waals surface area contributed by atoms with E-state index in [2.05, 4.69) is 6.08 Å². The number of allylic oxidation sites excluding steroid dienone is 4. The van der Waals surface area contributed by atoms with Crippen LogP contribution in [0, 0.1) is 0 Å². The van der Waals surface area contributed by atoms with Gasteiger partial charge in [0.2, 0.25) is 0 Å². The lowest BCUT2D eigenvalue weighted by Crippen LogP contribution is -2.14. The van der Waals surface area contributed by atoms with Crippen LogP contribution >= 0.6 is 0 Å². The number of hydrogen-bond acceptors (Lipinski definition) is 4. The van der Waals surface area contributed by atoms with E-state index < -0.39 is 6.29 Å². The van der Waals surface area contributed by atoms with Crippen molar-refractivity contribution in [3.8, 4) is 11.5 Å². The van der Waals surface area contributed by atoms with Crippen molar-refractivity contribution >= 4 is 17.2 Å². The van der Waals surface area contributed by atoms with Crippen LogP contribution in [-0.2, 0) is 0 Å². The third-order valence-corrected chi connectivity index (χ3v) is 4.78. The molecule has 0 fully saturated rings. The number of benzene rings is 2. The highest BCUT2D eigenvalue weighted by atomic mass is 16.5. The molecule has 2 aliphatic carbocycles. The molecule has 4 rings (SSSR count). The molecule has 0 aliphatic heterocycles. The predicted molar refractivity (Wildman–Crippen MR) is 96.8 cm³/mol. The molecule has 0 saturated heterocycles. The minimum atomic E-state index is -1.39. The van der Waals surface area contributed by atoms with Crippen molar-refractivity contribution < 1.29 is 20.4 Å². The Morgan fingerprint density at radius 1 is 1.00 bits per heavy atom. The number of aromatic hydroxyl groups is 2. The lowest BCUT2D eigenvalue weighted by Gasteiger charge is -2.13. The molecule has 4 N–H and O–H groups in total. The minimum absolute atomic E-state index is 0.0408. The molecule has 2 aromatic rings. The summed E-state index contributed by atoms with van der Waals surface area (Å²) in [4.78, 5) is 0. The van der Waals surface area contributed by atoms with E-state index in [0.29, 0.717) is 12.0 Å². The van der Waals surface area contributed by atoms with E-state index in [1.54, 1.807) is 18.2 Å². The molecule has 0 bridgehead atoms. The maximum absolute atomic E-state index is 10.0. The Bertz CT molecular complexity index is 935. The van der Waals surface area contributed by atoms with Gasteiger partial charge < -0.3 is 20.4 Å². The summed E-state index contributed by atoms with van der Waals surface area (Å²) in [5, 5.41) is 38.3. The summed E-state index contributed by atoms with van der Waals surface area (Å²) in [5.74, 6) is -0.265. The first-order chi connectivity index (χ1) is 12.0. The number of aliphatic hydroxyl groups is 2. The number of aliphatic hydroxyl groups excluding tert-OH is 1. The van der Waals surface area contributed by atoms with Crippen LogP contribution < -0.4 is 0 Å². The van der Waals surface area contributed by atoms with Crippen LogP contribution in [0.15, 0.2) is 54.6 Å². The first-order valence-corrected chi connectivity index (χ1v) is 8.14. The molecule has 1 unspecified atom stereocenters. The summed E-state index contributed by atoms with van der Waals surface area (Å²) in [7, 11) is 0. The number of rotatable bonds is 3. The molecule has 126 valence electrons. The van der Waals surface area contributed by atoms with Crippen molar-refractivity contribution in [1.82, 2.24) is 0 Å². The van der Waals surface area contributed by atoms with Crippen LogP contribution in [0.2, 0.25) is 0 Å². The highest BCUT2D eigenvalue weighted by Crippen LogP contribution is 2.39. The molecule has 0 aromatic heterocycles. The zero-order valence-electron chi connectivity index (χ0n) is 13.4. The molecule has 0 amide bonds. The van der Waals surface area contributed by atoms with Crippen molar-refractivity contribution in [2.45, 2.75) is 18.6 Å². The number of fused-ring (bicyclic) bond motifs is 1. The summed E-state index contributed by atoms with van der Waals surface area (Å²) in [5.41, 5.74) is 5.72. The van der Waals surface area contributed by atoms with Gasteiger partial charge in [-0.2, -0.15) is 0 Å².